The van der Waals surface area contributed by atoms with Crippen LogP contribution < -0.4 is 16.4 Å². The fourth-order valence-corrected chi connectivity index (χ4v) is 4.17. The van der Waals surface area contributed by atoms with E-state index in [0.29, 0.717) is 12.0 Å². The van der Waals surface area contributed by atoms with Crippen LogP contribution in [-0.2, 0) is 28.7 Å². The Morgan fingerprint density at radius 3 is 2.02 bits per heavy atom. The van der Waals surface area contributed by atoms with Gasteiger partial charge in [0, 0.05) is 12.1 Å². The van der Waals surface area contributed by atoms with E-state index in [1.165, 1.54) is 4.90 Å². The SMILES string of the molecule is CCOC(=O)CCNC(=O)C(c1cc(C)cc(C)c1)N(C(=O)C(CC(N)=O)NC(=O)OC(C)(C)C)C(C)(C)CC. The molecule has 224 valence electrons. The fourth-order valence-electron chi connectivity index (χ4n) is 4.17. The van der Waals surface area contributed by atoms with Crippen molar-refractivity contribution < 1.29 is 33.4 Å². The number of nitrogens with one attached hydrogen (secondary N) is 2. The van der Waals surface area contributed by atoms with Crippen LogP contribution in [0.3, 0.4) is 0 Å². The van der Waals surface area contributed by atoms with E-state index in [9.17, 15) is 24.0 Å². The molecule has 0 saturated heterocycles. The van der Waals surface area contributed by atoms with Crippen molar-refractivity contribution in [3.8, 4) is 0 Å². The van der Waals surface area contributed by atoms with Crippen molar-refractivity contribution in [2.45, 2.75) is 105 Å². The molecule has 1 aromatic rings. The van der Waals surface area contributed by atoms with Crippen molar-refractivity contribution in [2.24, 2.45) is 5.73 Å². The number of primary amides is 1. The summed E-state index contributed by atoms with van der Waals surface area (Å²) in [5.74, 6) is -2.48. The zero-order valence-corrected chi connectivity index (χ0v) is 25.3. The Hall–Kier alpha value is -3.63. The maximum absolute atomic E-state index is 14.2. The average molecular weight is 563 g/mol. The molecule has 0 aromatic heterocycles. The van der Waals surface area contributed by atoms with Gasteiger partial charge in [-0.2, -0.15) is 0 Å². The van der Waals surface area contributed by atoms with Crippen molar-refractivity contribution >= 4 is 29.8 Å². The summed E-state index contributed by atoms with van der Waals surface area (Å²) in [5, 5.41) is 5.23. The largest absolute Gasteiger partial charge is 0.466 e. The highest BCUT2D eigenvalue weighted by Crippen LogP contribution is 2.33. The number of nitrogens with two attached hydrogens (primary N) is 1. The number of rotatable bonds is 13. The highest BCUT2D eigenvalue weighted by atomic mass is 16.6. The lowest BCUT2D eigenvalue weighted by molar-refractivity contribution is -0.150. The van der Waals surface area contributed by atoms with E-state index in [2.05, 4.69) is 10.6 Å². The topological polar surface area (TPSA) is 157 Å². The van der Waals surface area contributed by atoms with Crippen molar-refractivity contribution in [3.63, 3.8) is 0 Å². The number of carbonyl (C=O) groups is 5. The van der Waals surface area contributed by atoms with Gasteiger partial charge in [0.05, 0.1) is 19.4 Å². The van der Waals surface area contributed by atoms with Crippen LogP contribution in [0, 0.1) is 13.8 Å². The van der Waals surface area contributed by atoms with Crippen LogP contribution in [-0.4, -0.2) is 65.0 Å². The Bertz CT molecular complexity index is 1060. The molecule has 11 nitrogen and oxygen atoms in total. The van der Waals surface area contributed by atoms with Crippen LogP contribution in [0.5, 0.6) is 0 Å². The van der Waals surface area contributed by atoms with Crippen LogP contribution in [0.25, 0.3) is 0 Å². The summed E-state index contributed by atoms with van der Waals surface area (Å²) < 4.78 is 10.3. The van der Waals surface area contributed by atoms with Crippen LogP contribution >= 0.6 is 0 Å². The van der Waals surface area contributed by atoms with Gasteiger partial charge in [-0.3, -0.25) is 19.2 Å². The van der Waals surface area contributed by atoms with Gasteiger partial charge in [-0.05, 0) is 67.4 Å². The van der Waals surface area contributed by atoms with E-state index < -0.39 is 59.4 Å². The molecule has 0 spiro atoms. The minimum absolute atomic E-state index is 0.00553. The van der Waals surface area contributed by atoms with Gasteiger partial charge in [0.25, 0.3) is 0 Å². The van der Waals surface area contributed by atoms with Gasteiger partial charge >= 0.3 is 12.1 Å². The van der Waals surface area contributed by atoms with Gasteiger partial charge in [0.15, 0.2) is 0 Å². The van der Waals surface area contributed by atoms with E-state index in [1.54, 1.807) is 53.7 Å². The second kappa shape index (κ2) is 14.7. The standard InChI is InChI=1S/C29H46N4O7/c1-10-29(8,9)33(26(37)21(17-22(30)34)32-27(38)40-28(5,6)7)24(20-15-18(3)14-19(4)16-20)25(36)31-13-12-23(35)39-11-2/h14-16,21,24H,10-13,17H2,1-9H3,(H2,30,34)(H,31,36)(H,32,38). The maximum Gasteiger partial charge on any atom is 0.408 e. The highest BCUT2D eigenvalue weighted by Gasteiger charge is 2.43. The molecule has 11 heteroatoms. The van der Waals surface area contributed by atoms with E-state index in [4.69, 9.17) is 15.2 Å². The number of ether oxygens (including phenoxy) is 2. The smallest absolute Gasteiger partial charge is 0.408 e. The van der Waals surface area contributed by atoms with E-state index >= 15 is 0 Å². The summed E-state index contributed by atoms with van der Waals surface area (Å²) >= 11 is 0. The highest BCUT2D eigenvalue weighted by molar-refractivity contribution is 5.95. The normalized spacial score (nSPS) is 13.0. The molecule has 2 unspecified atom stereocenters. The zero-order valence-electron chi connectivity index (χ0n) is 25.3. The first-order valence-corrected chi connectivity index (χ1v) is 13.5. The maximum atomic E-state index is 14.2. The Morgan fingerprint density at radius 2 is 1.55 bits per heavy atom. The minimum atomic E-state index is -1.39. The van der Waals surface area contributed by atoms with Gasteiger partial charge in [-0.1, -0.05) is 36.2 Å². The van der Waals surface area contributed by atoms with Crippen LogP contribution in [0.4, 0.5) is 4.79 Å². The predicted molar refractivity (Wildman–Crippen MR) is 151 cm³/mol. The third-order valence-corrected chi connectivity index (χ3v) is 6.15. The number of aryl methyl sites for hydroxylation is 2. The Balaban J connectivity index is 3.64. The van der Waals surface area contributed by atoms with Gasteiger partial charge in [-0.25, -0.2) is 4.79 Å². The summed E-state index contributed by atoms with van der Waals surface area (Å²) in [6, 6.07) is 3.01. The molecule has 0 fully saturated rings. The molecule has 0 radical (unpaired) electrons. The van der Waals surface area contributed by atoms with Crippen molar-refractivity contribution in [1.82, 2.24) is 15.5 Å². The minimum Gasteiger partial charge on any atom is -0.466 e. The van der Waals surface area contributed by atoms with Gasteiger partial charge < -0.3 is 30.7 Å². The molecule has 0 aliphatic carbocycles. The fraction of sp³-hybridized carbons (Fsp3) is 0.621. The molecule has 0 bridgehead atoms. The molecule has 1 rings (SSSR count). The molecule has 1 aromatic carbocycles. The lowest BCUT2D eigenvalue weighted by atomic mass is 9.90. The lowest BCUT2D eigenvalue weighted by Crippen LogP contribution is -2.60. The van der Waals surface area contributed by atoms with Crippen LogP contribution in [0.15, 0.2) is 18.2 Å². The molecule has 40 heavy (non-hydrogen) atoms. The Kier molecular flexibility index (Phi) is 12.6. The first-order chi connectivity index (χ1) is 18.4. The third kappa shape index (κ3) is 10.9. The van der Waals surface area contributed by atoms with Gasteiger partial charge in [0.1, 0.15) is 17.7 Å². The zero-order chi connectivity index (χ0) is 30.8. The van der Waals surface area contributed by atoms with E-state index in [0.717, 1.165) is 11.1 Å². The molecule has 4 N–H and O–H groups in total. The van der Waals surface area contributed by atoms with Crippen molar-refractivity contribution in [2.75, 3.05) is 13.2 Å². The lowest BCUT2D eigenvalue weighted by Gasteiger charge is -2.44. The van der Waals surface area contributed by atoms with Crippen LogP contribution in [0.1, 0.15) is 90.5 Å². The van der Waals surface area contributed by atoms with E-state index in [-0.39, 0.29) is 19.6 Å². The number of hydrogen-bond acceptors (Lipinski definition) is 7. The predicted octanol–water partition coefficient (Wildman–Crippen LogP) is 3.20. The number of benzene rings is 1. The first-order valence-electron chi connectivity index (χ1n) is 13.5. The molecular formula is C29H46N4O7. The van der Waals surface area contributed by atoms with Crippen LogP contribution in [0.2, 0.25) is 0 Å². The Morgan fingerprint density at radius 1 is 0.975 bits per heavy atom. The van der Waals surface area contributed by atoms with Gasteiger partial charge in [0.2, 0.25) is 17.7 Å². The molecule has 4 amide bonds. The Labute approximate surface area is 237 Å². The summed E-state index contributed by atoms with van der Waals surface area (Å²) in [6.45, 7) is 16.1. The average Bonchev–Trinajstić information content (AvgIpc) is 2.79. The molecule has 0 saturated carbocycles. The summed E-state index contributed by atoms with van der Waals surface area (Å²) in [4.78, 5) is 65.9. The number of hydrogen-bond donors (Lipinski definition) is 3. The first kappa shape index (κ1) is 34.4. The number of nitrogens with zero attached hydrogens (tertiary/aromatic N) is 1. The monoisotopic (exact) mass is 562 g/mol. The molecular weight excluding hydrogens is 516 g/mol. The van der Waals surface area contributed by atoms with Crippen molar-refractivity contribution in [3.05, 3.63) is 34.9 Å². The number of carbonyl (C=O) groups excluding carboxylic acids is 5. The van der Waals surface area contributed by atoms with Crippen molar-refractivity contribution in [1.29, 1.82) is 0 Å². The van der Waals surface area contributed by atoms with Gasteiger partial charge in [-0.15, -0.1) is 0 Å². The number of amides is 4. The third-order valence-electron chi connectivity index (χ3n) is 6.15. The molecule has 0 heterocycles. The number of alkyl carbamates (subject to hydrolysis) is 1. The molecule has 0 aliphatic rings. The summed E-state index contributed by atoms with van der Waals surface area (Å²) in [6.07, 6.45) is -1.01. The second-order valence-corrected chi connectivity index (χ2v) is 11.4. The second-order valence-electron chi connectivity index (χ2n) is 11.4. The molecule has 2 atom stereocenters. The quantitative estimate of drug-likeness (QED) is 0.312. The summed E-state index contributed by atoms with van der Waals surface area (Å²) in [5.41, 5.74) is 5.98. The summed E-state index contributed by atoms with van der Waals surface area (Å²) in [7, 11) is 0. The molecule has 0 aliphatic heterocycles. The van der Waals surface area contributed by atoms with E-state index in [1.807, 2.05) is 26.8 Å². The number of esters is 1.